The summed E-state index contributed by atoms with van der Waals surface area (Å²) < 4.78 is 10.7. The third-order valence-corrected chi connectivity index (χ3v) is 5.93. The summed E-state index contributed by atoms with van der Waals surface area (Å²) in [5.74, 6) is -1.45. The molecule has 0 saturated heterocycles. The number of rotatable bonds is 8. The maximum Gasteiger partial charge on any atom is 0.410 e. The highest BCUT2D eigenvalue weighted by molar-refractivity contribution is 6.01. The lowest BCUT2D eigenvalue weighted by atomic mass is 10.0. The van der Waals surface area contributed by atoms with E-state index in [4.69, 9.17) is 15.2 Å². The number of nitrogens with two attached hydrogens (primary N) is 1. The molecule has 2 aromatic rings. The van der Waals surface area contributed by atoms with E-state index in [-0.39, 0.29) is 25.3 Å². The maximum atomic E-state index is 13.1. The average Bonchev–Trinajstić information content (AvgIpc) is 3.12. The van der Waals surface area contributed by atoms with Crippen LogP contribution in [-0.2, 0) is 32.2 Å². The van der Waals surface area contributed by atoms with Crippen molar-refractivity contribution in [1.82, 2.24) is 14.8 Å². The van der Waals surface area contributed by atoms with Gasteiger partial charge in [-0.1, -0.05) is 6.07 Å². The summed E-state index contributed by atoms with van der Waals surface area (Å²) in [6.07, 6.45) is 1.28. The number of hydrogen-bond donors (Lipinski definition) is 1. The number of carbonyl (C=O) groups excluding carboxylic acids is 4. The SMILES string of the molecule is CN(Cc1ccnc(-c2ccc3c(c2)CN([C@@H](CCC(=O)OC(C)(C)C)C(N)=O)C3=O)c1)C(=O)OC(C)(C)C. The molecule has 1 aromatic heterocycles. The fourth-order valence-electron chi connectivity index (χ4n) is 4.26. The normalized spacial score (nSPS) is 14.0. The predicted octanol–water partition coefficient (Wildman–Crippen LogP) is 4.05. The van der Waals surface area contributed by atoms with E-state index >= 15 is 0 Å². The highest BCUT2D eigenvalue weighted by atomic mass is 16.6. The summed E-state index contributed by atoms with van der Waals surface area (Å²) >= 11 is 0. The molecule has 1 aliphatic rings. The molecule has 0 bridgehead atoms. The van der Waals surface area contributed by atoms with Crippen LogP contribution in [0.1, 0.15) is 75.9 Å². The Kier molecular flexibility index (Phi) is 8.67. The number of primary amides is 1. The summed E-state index contributed by atoms with van der Waals surface area (Å²) in [4.78, 5) is 57.3. The van der Waals surface area contributed by atoms with Crippen LogP contribution in [0.5, 0.6) is 0 Å². The fourth-order valence-corrected chi connectivity index (χ4v) is 4.26. The number of amides is 3. The standard InChI is InChI=1S/C29H38N4O6/c1-28(2,3)38-24(34)11-10-23(25(30)35)33-17-20-15-19(8-9-21(20)26(33)36)22-14-18(12-13-31-22)16-32(7)27(37)39-29(4,5)6/h8-9,12-15,23H,10-11,16-17H2,1-7H3,(H2,30,35)/t23-/m0/s1. The Balaban J connectivity index is 1.74. The number of pyridine rings is 1. The Morgan fingerprint density at radius 2 is 1.72 bits per heavy atom. The first-order valence-electron chi connectivity index (χ1n) is 12.9. The Labute approximate surface area is 229 Å². The molecule has 0 spiro atoms. The van der Waals surface area contributed by atoms with Crippen LogP contribution in [0.3, 0.4) is 0 Å². The van der Waals surface area contributed by atoms with Crippen LogP contribution in [0.2, 0.25) is 0 Å². The lowest BCUT2D eigenvalue weighted by Gasteiger charge is -2.25. The smallest absolute Gasteiger partial charge is 0.410 e. The zero-order valence-corrected chi connectivity index (χ0v) is 23.7. The van der Waals surface area contributed by atoms with Gasteiger partial charge in [0.25, 0.3) is 5.91 Å². The minimum Gasteiger partial charge on any atom is -0.460 e. The van der Waals surface area contributed by atoms with Gasteiger partial charge in [-0.15, -0.1) is 0 Å². The lowest BCUT2D eigenvalue weighted by molar-refractivity contribution is -0.155. The van der Waals surface area contributed by atoms with Gasteiger partial charge in [0.1, 0.15) is 17.2 Å². The van der Waals surface area contributed by atoms with Crippen molar-refractivity contribution in [2.75, 3.05) is 7.05 Å². The second-order valence-corrected chi connectivity index (χ2v) is 11.7. The highest BCUT2D eigenvalue weighted by Gasteiger charge is 2.36. The van der Waals surface area contributed by atoms with Gasteiger partial charge in [-0.3, -0.25) is 19.4 Å². The van der Waals surface area contributed by atoms with Gasteiger partial charge in [-0.05, 0) is 83.4 Å². The van der Waals surface area contributed by atoms with Gasteiger partial charge in [-0.25, -0.2) is 4.79 Å². The number of hydrogen-bond acceptors (Lipinski definition) is 7. The minimum atomic E-state index is -0.939. The van der Waals surface area contributed by atoms with E-state index in [1.807, 2.05) is 39.0 Å². The molecule has 1 aromatic carbocycles. The highest BCUT2D eigenvalue weighted by Crippen LogP contribution is 2.30. The van der Waals surface area contributed by atoms with Crippen molar-refractivity contribution in [2.45, 2.75) is 84.7 Å². The molecule has 1 aliphatic heterocycles. The van der Waals surface area contributed by atoms with Crippen molar-refractivity contribution >= 4 is 23.9 Å². The second kappa shape index (κ2) is 11.4. The van der Waals surface area contributed by atoms with Crippen LogP contribution in [0.15, 0.2) is 36.5 Å². The van der Waals surface area contributed by atoms with Crippen LogP contribution >= 0.6 is 0 Å². The molecule has 0 aliphatic carbocycles. The van der Waals surface area contributed by atoms with Gasteiger partial charge in [0, 0.05) is 43.9 Å². The number of esters is 1. The van der Waals surface area contributed by atoms with E-state index in [2.05, 4.69) is 4.98 Å². The summed E-state index contributed by atoms with van der Waals surface area (Å²) in [5.41, 5.74) is 7.93. The van der Waals surface area contributed by atoms with E-state index in [1.54, 1.807) is 46.1 Å². The van der Waals surface area contributed by atoms with Crippen molar-refractivity contribution in [3.8, 4) is 11.3 Å². The maximum absolute atomic E-state index is 13.1. The largest absolute Gasteiger partial charge is 0.460 e. The van der Waals surface area contributed by atoms with Crippen LogP contribution in [0.4, 0.5) is 4.79 Å². The third-order valence-electron chi connectivity index (χ3n) is 5.93. The minimum absolute atomic E-state index is 0.0370. The van der Waals surface area contributed by atoms with Crippen molar-refractivity contribution < 1.29 is 28.7 Å². The molecule has 10 heteroatoms. The molecule has 0 unspecified atom stereocenters. The van der Waals surface area contributed by atoms with Gasteiger partial charge in [0.2, 0.25) is 5.91 Å². The van der Waals surface area contributed by atoms with E-state index in [0.717, 1.165) is 16.7 Å². The Hall–Kier alpha value is -3.95. The Morgan fingerprint density at radius 3 is 2.33 bits per heavy atom. The van der Waals surface area contributed by atoms with E-state index in [9.17, 15) is 19.2 Å². The molecule has 0 fully saturated rings. The zero-order chi connectivity index (χ0) is 29.1. The molecule has 39 heavy (non-hydrogen) atoms. The van der Waals surface area contributed by atoms with Gasteiger partial charge >= 0.3 is 12.1 Å². The number of nitrogens with zero attached hydrogens (tertiary/aromatic N) is 3. The molecule has 3 rings (SSSR count). The molecule has 2 heterocycles. The number of carbonyl (C=O) groups is 4. The second-order valence-electron chi connectivity index (χ2n) is 11.7. The third kappa shape index (κ3) is 8.02. The fraction of sp³-hybridized carbons (Fsp3) is 0.483. The number of benzene rings is 1. The number of fused-ring (bicyclic) bond motifs is 1. The van der Waals surface area contributed by atoms with Crippen LogP contribution < -0.4 is 5.73 Å². The Morgan fingerprint density at radius 1 is 1.05 bits per heavy atom. The van der Waals surface area contributed by atoms with E-state index in [0.29, 0.717) is 17.8 Å². The van der Waals surface area contributed by atoms with Crippen molar-refractivity contribution in [2.24, 2.45) is 5.73 Å². The van der Waals surface area contributed by atoms with Gasteiger partial charge < -0.3 is 25.0 Å². The molecule has 10 nitrogen and oxygen atoms in total. The monoisotopic (exact) mass is 538 g/mol. The molecule has 0 radical (unpaired) electrons. The van der Waals surface area contributed by atoms with E-state index in [1.165, 1.54) is 9.80 Å². The summed E-state index contributed by atoms with van der Waals surface area (Å²) in [7, 11) is 1.67. The molecular weight excluding hydrogens is 500 g/mol. The predicted molar refractivity (Wildman–Crippen MR) is 145 cm³/mol. The zero-order valence-electron chi connectivity index (χ0n) is 23.7. The quantitative estimate of drug-likeness (QED) is 0.502. The molecule has 3 amide bonds. The number of aromatic nitrogens is 1. The van der Waals surface area contributed by atoms with Crippen LogP contribution in [0, 0.1) is 0 Å². The lowest BCUT2D eigenvalue weighted by Crippen LogP contribution is -2.45. The van der Waals surface area contributed by atoms with Crippen molar-refractivity contribution in [3.63, 3.8) is 0 Å². The number of ether oxygens (including phenoxy) is 2. The van der Waals surface area contributed by atoms with Crippen LogP contribution in [-0.4, -0.2) is 63.0 Å². The van der Waals surface area contributed by atoms with Gasteiger partial charge in [-0.2, -0.15) is 0 Å². The summed E-state index contributed by atoms with van der Waals surface area (Å²) in [5, 5.41) is 0. The molecular formula is C29H38N4O6. The van der Waals surface area contributed by atoms with Crippen LogP contribution in [0.25, 0.3) is 11.3 Å². The Bertz CT molecular complexity index is 1260. The van der Waals surface area contributed by atoms with Crippen molar-refractivity contribution in [3.05, 3.63) is 53.2 Å². The van der Waals surface area contributed by atoms with Crippen molar-refractivity contribution in [1.29, 1.82) is 0 Å². The topological polar surface area (TPSA) is 132 Å². The average molecular weight is 539 g/mol. The van der Waals surface area contributed by atoms with Gasteiger partial charge in [0.05, 0.1) is 5.69 Å². The molecule has 0 saturated carbocycles. The first kappa shape index (κ1) is 29.6. The molecule has 210 valence electrons. The first-order valence-corrected chi connectivity index (χ1v) is 12.9. The molecule has 1 atom stereocenters. The van der Waals surface area contributed by atoms with E-state index < -0.39 is 35.2 Å². The summed E-state index contributed by atoms with van der Waals surface area (Å²) in [6, 6.07) is 8.13. The first-order chi connectivity index (χ1) is 18.0. The summed E-state index contributed by atoms with van der Waals surface area (Å²) in [6.45, 7) is 11.3. The van der Waals surface area contributed by atoms with Gasteiger partial charge in [0.15, 0.2) is 0 Å². The molecule has 2 N–H and O–H groups in total.